The van der Waals surface area contributed by atoms with Gasteiger partial charge in [0.25, 0.3) is 3.79 Å². The van der Waals surface area contributed by atoms with Gasteiger partial charge in [0.2, 0.25) is 0 Å². The van der Waals surface area contributed by atoms with E-state index in [-0.39, 0.29) is 0 Å². The minimum Gasteiger partial charge on any atom is -0.281 e. The van der Waals surface area contributed by atoms with Crippen molar-refractivity contribution in [1.82, 2.24) is 0 Å². The summed E-state index contributed by atoms with van der Waals surface area (Å²) in [5.41, 5.74) is 0. The molecule has 0 aromatic heterocycles. The fourth-order valence-electron chi connectivity index (χ4n) is 0.0858. The second-order valence-electron chi connectivity index (χ2n) is 1.20. The maximum Gasteiger partial charge on any atom is 0.373 e. The van der Waals surface area contributed by atoms with Gasteiger partial charge in [-0.3, -0.25) is 4.79 Å². The van der Waals surface area contributed by atoms with Crippen molar-refractivity contribution in [2.24, 2.45) is 0 Å². The first kappa shape index (κ1) is 9.12. The summed E-state index contributed by atoms with van der Waals surface area (Å²) in [5, 5.41) is 0. The van der Waals surface area contributed by atoms with Crippen molar-refractivity contribution in [3.63, 3.8) is 0 Å². The summed E-state index contributed by atoms with van der Waals surface area (Å²) in [6.45, 7) is 0. The van der Waals surface area contributed by atoms with E-state index in [1.54, 1.807) is 0 Å². The molecular formula is C3HF4IO. The molecule has 0 bridgehead atoms. The molecule has 0 aliphatic heterocycles. The molecule has 0 amide bonds. The lowest BCUT2D eigenvalue weighted by molar-refractivity contribution is -0.155. The van der Waals surface area contributed by atoms with Gasteiger partial charge in [0, 0.05) is 22.6 Å². The van der Waals surface area contributed by atoms with Gasteiger partial charge in [-0.15, -0.1) is 0 Å². The third-order valence-electron chi connectivity index (χ3n) is 0.536. The van der Waals surface area contributed by atoms with Crippen LogP contribution in [0, 0.1) is 0 Å². The first-order valence-corrected chi connectivity index (χ1v) is 2.82. The zero-order chi connectivity index (χ0) is 7.65. The minimum absolute atomic E-state index is 0.632. The van der Waals surface area contributed by atoms with E-state index in [1.807, 2.05) is 0 Å². The number of hydrogen-bond acceptors (Lipinski definition) is 1. The van der Waals surface area contributed by atoms with Gasteiger partial charge < -0.3 is 0 Å². The van der Waals surface area contributed by atoms with Crippen LogP contribution >= 0.6 is 22.6 Å². The largest absolute Gasteiger partial charge is 0.373 e. The smallest absolute Gasteiger partial charge is 0.281 e. The maximum absolute atomic E-state index is 11.6. The lowest BCUT2D eigenvalue weighted by Crippen LogP contribution is -2.32. The highest BCUT2D eigenvalue weighted by atomic mass is 127. The molecule has 0 spiro atoms. The number of rotatable bonds is 2. The average molecular weight is 256 g/mol. The Morgan fingerprint density at radius 1 is 1.44 bits per heavy atom. The van der Waals surface area contributed by atoms with E-state index in [0.717, 1.165) is 0 Å². The molecule has 0 unspecified atom stereocenters. The monoisotopic (exact) mass is 256 g/mol. The highest BCUT2D eigenvalue weighted by Crippen LogP contribution is 2.26. The van der Waals surface area contributed by atoms with Gasteiger partial charge in [-0.25, -0.2) is 8.78 Å². The molecule has 6 heteroatoms. The van der Waals surface area contributed by atoms with Crippen LogP contribution in [0.2, 0.25) is 0 Å². The SMILES string of the molecule is O=C(I)C(F)(F)C(F)F. The molecule has 54 valence electrons. The van der Waals surface area contributed by atoms with Crippen molar-refractivity contribution in [1.29, 1.82) is 0 Å². The lowest BCUT2D eigenvalue weighted by Gasteiger charge is -2.08. The normalized spacial score (nSPS) is 12.2. The van der Waals surface area contributed by atoms with Crippen LogP contribution < -0.4 is 0 Å². The zero-order valence-corrected chi connectivity index (χ0v) is 6.03. The summed E-state index contributed by atoms with van der Waals surface area (Å²) in [4.78, 5) is 9.66. The second kappa shape index (κ2) is 2.80. The summed E-state index contributed by atoms with van der Waals surface area (Å²) in [6, 6.07) is 0. The Bertz CT molecular complexity index is 123. The second-order valence-corrected chi connectivity index (χ2v) is 2.18. The molecule has 0 heterocycles. The Kier molecular flexibility index (Phi) is 2.84. The molecule has 0 aliphatic rings. The fraction of sp³-hybridized carbons (Fsp3) is 0.667. The van der Waals surface area contributed by atoms with Crippen LogP contribution in [0.3, 0.4) is 0 Å². The molecule has 0 saturated heterocycles. The van der Waals surface area contributed by atoms with E-state index in [2.05, 4.69) is 0 Å². The molecule has 0 fully saturated rings. The molecule has 0 aromatic carbocycles. The predicted molar refractivity (Wildman–Crippen MR) is 30.0 cm³/mol. The van der Waals surface area contributed by atoms with E-state index in [0.29, 0.717) is 22.6 Å². The Hall–Kier alpha value is 0.120. The van der Waals surface area contributed by atoms with Crippen LogP contribution in [-0.2, 0) is 4.79 Å². The van der Waals surface area contributed by atoms with Crippen LogP contribution in [0.1, 0.15) is 0 Å². The van der Waals surface area contributed by atoms with Crippen LogP contribution in [0.5, 0.6) is 0 Å². The molecule has 0 aromatic rings. The van der Waals surface area contributed by atoms with Crippen molar-refractivity contribution >= 4 is 26.4 Å². The van der Waals surface area contributed by atoms with Gasteiger partial charge >= 0.3 is 12.3 Å². The van der Waals surface area contributed by atoms with Crippen LogP contribution in [0.4, 0.5) is 17.6 Å². The standard InChI is InChI=1S/C3HF4IO/c4-1(5)3(6,7)2(8)9/h1H. The van der Waals surface area contributed by atoms with E-state index in [4.69, 9.17) is 0 Å². The molecule has 0 saturated carbocycles. The number of hydrogen-bond donors (Lipinski definition) is 0. The zero-order valence-electron chi connectivity index (χ0n) is 3.88. The van der Waals surface area contributed by atoms with Crippen LogP contribution in [-0.4, -0.2) is 16.1 Å². The lowest BCUT2D eigenvalue weighted by atomic mass is 10.4. The number of carbonyl (C=O) groups excluding carboxylic acids is 1. The molecule has 0 atom stereocenters. The molecule has 0 N–H and O–H groups in total. The summed E-state index contributed by atoms with van der Waals surface area (Å²) in [5.74, 6) is -4.49. The van der Waals surface area contributed by atoms with E-state index in [1.165, 1.54) is 0 Å². The van der Waals surface area contributed by atoms with Crippen molar-refractivity contribution in [3.8, 4) is 0 Å². The summed E-state index contributed by atoms with van der Waals surface area (Å²) < 4.78 is 43.5. The predicted octanol–water partition coefficient (Wildman–Crippen LogP) is 1.85. The number of carbonyl (C=O) groups is 1. The fourth-order valence-corrected chi connectivity index (χ4v) is 0.321. The first-order valence-electron chi connectivity index (χ1n) is 1.75. The topological polar surface area (TPSA) is 17.1 Å². The summed E-state index contributed by atoms with van der Waals surface area (Å²) in [7, 11) is 0. The van der Waals surface area contributed by atoms with Gasteiger partial charge in [0.1, 0.15) is 0 Å². The average Bonchev–Trinajstić information content (AvgIpc) is 1.65. The molecule has 9 heavy (non-hydrogen) atoms. The molecule has 0 radical (unpaired) electrons. The Labute approximate surface area is 61.6 Å². The molecular weight excluding hydrogens is 255 g/mol. The number of alkyl halides is 4. The van der Waals surface area contributed by atoms with Gasteiger partial charge in [-0.1, -0.05) is 0 Å². The van der Waals surface area contributed by atoms with E-state index >= 15 is 0 Å². The molecule has 0 aliphatic carbocycles. The van der Waals surface area contributed by atoms with Gasteiger partial charge in [-0.2, -0.15) is 8.78 Å². The Morgan fingerprint density at radius 2 is 1.78 bits per heavy atom. The van der Waals surface area contributed by atoms with E-state index < -0.39 is 16.1 Å². The van der Waals surface area contributed by atoms with Crippen molar-refractivity contribution in [2.45, 2.75) is 12.3 Å². The summed E-state index contributed by atoms with van der Waals surface area (Å²) >= 11 is 0.632. The highest BCUT2D eigenvalue weighted by Gasteiger charge is 2.47. The van der Waals surface area contributed by atoms with Gasteiger partial charge in [-0.05, 0) is 0 Å². The quantitative estimate of drug-likeness (QED) is 0.418. The Balaban J connectivity index is 4.19. The third-order valence-corrected chi connectivity index (χ3v) is 1.26. The van der Waals surface area contributed by atoms with Crippen molar-refractivity contribution in [2.75, 3.05) is 0 Å². The van der Waals surface area contributed by atoms with Gasteiger partial charge in [0.05, 0.1) is 0 Å². The van der Waals surface area contributed by atoms with Gasteiger partial charge in [0.15, 0.2) is 0 Å². The van der Waals surface area contributed by atoms with Crippen LogP contribution in [0.15, 0.2) is 0 Å². The van der Waals surface area contributed by atoms with Crippen molar-refractivity contribution < 1.29 is 22.4 Å². The third kappa shape index (κ3) is 2.07. The first-order chi connectivity index (χ1) is 3.89. The molecule has 1 nitrogen and oxygen atoms in total. The van der Waals surface area contributed by atoms with E-state index in [9.17, 15) is 22.4 Å². The summed E-state index contributed by atoms with van der Waals surface area (Å²) in [6.07, 6.45) is -3.90. The van der Waals surface area contributed by atoms with Crippen LogP contribution in [0.25, 0.3) is 0 Å². The maximum atomic E-state index is 11.6. The van der Waals surface area contributed by atoms with Crippen molar-refractivity contribution in [3.05, 3.63) is 0 Å². The Morgan fingerprint density at radius 3 is 1.78 bits per heavy atom. The highest BCUT2D eigenvalue weighted by molar-refractivity contribution is 14.1. The number of halogens is 5. The minimum atomic E-state index is -4.49. The molecule has 0 rings (SSSR count).